The summed E-state index contributed by atoms with van der Waals surface area (Å²) in [4.78, 5) is 3.71. The maximum absolute atomic E-state index is 3.71. The first-order valence-corrected chi connectivity index (χ1v) is 16.8. The topological polar surface area (TPSA) is 19.7 Å². The second-order valence-corrected chi connectivity index (χ2v) is 12.4. The molecule has 2 unspecified atom stereocenters. The molecule has 220 valence electrons. The lowest BCUT2D eigenvalue weighted by atomic mass is 9.66. The van der Waals surface area contributed by atoms with E-state index in [4.69, 9.17) is 0 Å². The zero-order chi connectivity index (χ0) is 28.3. The summed E-state index contributed by atoms with van der Waals surface area (Å²) in [5, 5.41) is 0. The van der Waals surface area contributed by atoms with Gasteiger partial charge >= 0.3 is 0 Å². The standard InChI is InChI=1S/C38H58N2/c1-4-6-7-8-9-10-11-12-13-14-15-16-17-24-31-40-32-30-39-37(40)36(25-5-2)38(3,35-28-22-19-23-29-35)33-34-26-20-18-21-27-34/h18-23,26-30,32,36H,4-17,24-25,31,33H2,1-3H3/p+1. The van der Waals surface area contributed by atoms with Crippen molar-refractivity contribution in [3.63, 3.8) is 0 Å². The van der Waals surface area contributed by atoms with Crippen LogP contribution >= 0.6 is 0 Å². The van der Waals surface area contributed by atoms with Gasteiger partial charge in [0.25, 0.3) is 5.82 Å². The second-order valence-electron chi connectivity index (χ2n) is 12.4. The van der Waals surface area contributed by atoms with Gasteiger partial charge in [-0.15, -0.1) is 0 Å². The SMILES string of the molecule is CCCCCCCCCCCCCCCC[n+]1cc[nH]c1C(CCC)C(C)(Cc1ccccc1)c1ccccc1. The molecule has 40 heavy (non-hydrogen) atoms. The summed E-state index contributed by atoms with van der Waals surface area (Å²) in [5.41, 5.74) is 2.87. The van der Waals surface area contributed by atoms with Crippen molar-refractivity contribution >= 4 is 0 Å². The number of hydrogen-bond acceptors (Lipinski definition) is 0. The average Bonchev–Trinajstić information content (AvgIpc) is 3.45. The Hall–Kier alpha value is -2.35. The molecule has 0 radical (unpaired) electrons. The second kappa shape index (κ2) is 18.9. The molecule has 2 heteroatoms. The van der Waals surface area contributed by atoms with E-state index in [-0.39, 0.29) is 5.41 Å². The summed E-state index contributed by atoms with van der Waals surface area (Å²) >= 11 is 0. The van der Waals surface area contributed by atoms with Crippen molar-refractivity contribution in [3.8, 4) is 0 Å². The quantitative estimate of drug-likeness (QED) is 0.0960. The lowest BCUT2D eigenvalue weighted by Crippen LogP contribution is -2.43. The van der Waals surface area contributed by atoms with Crippen LogP contribution in [-0.2, 0) is 18.4 Å². The zero-order valence-electron chi connectivity index (χ0n) is 26.2. The van der Waals surface area contributed by atoms with Gasteiger partial charge in [-0.2, -0.15) is 0 Å². The molecule has 0 fully saturated rings. The van der Waals surface area contributed by atoms with Gasteiger partial charge < -0.3 is 0 Å². The summed E-state index contributed by atoms with van der Waals surface area (Å²) in [6, 6.07) is 22.3. The van der Waals surface area contributed by atoms with Crippen molar-refractivity contribution in [2.24, 2.45) is 0 Å². The van der Waals surface area contributed by atoms with Crippen LogP contribution in [0.4, 0.5) is 0 Å². The van der Waals surface area contributed by atoms with Crippen LogP contribution in [0.25, 0.3) is 0 Å². The van der Waals surface area contributed by atoms with Crippen molar-refractivity contribution in [2.75, 3.05) is 0 Å². The first-order valence-electron chi connectivity index (χ1n) is 16.8. The Balaban J connectivity index is 1.50. The normalized spacial score (nSPS) is 13.8. The molecule has 0 aliphatic heterocycles. The Bertz CT molecular complexity index is 1010. The van der Waals surface area contributed by atoms with Gasteiger partial charge in [-0.3, -0.25) is 0 Å². The van der Waals surface area contributed by atoms with Crippen LogP contribution in [0.15, 0.2) is 73.1 Å². The molecular formula is C38H59N2+. The molecule has 1 heterocycles. The molecule has 0 bridgehead atoms. The third-order valence-corrected chi connectivity index (χ3v) is 9.07. The fraction of sp³-hybridized carbons (Fsp3) is 0.605. The fourth-order valence-electron chi connectivity index (χ4n) is 6.66. The minimum absolute atomic E-state index is 0.0146. The molecule has 0 saturated carbocycles. The number of nitrogens with zero attached hydrogens (tertiary/aromatic N) is 1. The van der Waals surface area contributed by atoms with E-state index in [1.54, 1.807) is 0 Å². The van der Waals surface area contributed by atoms with E-state index >= 15 is 0 Å². The van der Waals surface area contributed by atoms with Gasteiger partial charge in [0.15, 0.2) is 0 Å². The van der Waals surface area contributed by atoms with Crippen LogP contribution in [0.3, 0.4) is 0 Å². The molecule has 2 atom stereocenters. The maximum Gasteiger partial charge on any atom is 0.258 e. The minimum atomic E-state index is 0.0146. The smallest absolute Gasteiger partial charge is 0.247 e. The van der Waals surface area contributed by atoms with Crippen LogP contribution in [0, 0.1) is 0 Å². The first kappa shape index (κ1) is 32.2. The largest absolute Gasteiger partial charge is 0.258 e. The highest BCUT2D eigenvalue weighted by Gasteiger charge is 2.41. The van der Waals surface area contributed by atoms with Crippen LogP contribution < -0.4 is 4.57 Å². The Morgan fingerprint density at radius 3 is 1.73 bits per heavy atom. The molecule has 1 aromatic heterocycles. The van der Waals surface area contributed by atoms with Crippen molar-refractivity contribution in [2.45, 2.75) is 148 Å². The maximum atomic E-state index is 3.71. The van der Waals surface area contributed by atoms with E-state index in [1.807, 2.05) is 0 Å². The van der Waals surface area contributed by atoms with E-state index in [0.717, 1.165) is 13.0 Å². The Morgan fingerprint density at radius 1 is 0.650 bits per heavy atom. The van der Waals surface area contributed by atoms with E-state index in [9.17, 15) is 0 Å². The number of unbranched alkanes of at least 4 members (excludes halogenated alkanes) is 13. The molecule has 0 spiro atoms. The highest BCUT2D eigenvalue weighted by molar-refractivity contribution is 5.32. The molecule has 2 aromatic carbocycles. The molecule has 3 rings (SSSR count). The molecular weight excluding hydrogens is 484 g/mol. The molecule has 3 aromatic rings. The molecule has 2 nitrogen and oxygen atoms in total. The fourth-order valence-corrected chi connectivity index (χ4v) is 6.66. The third-order valence-electron chi connectivity index (χ3n) is 9.07. The van der Waals surface area contributed by atoms with Gasteiger partial charge in [0.1, 0.15) is 12.4 Å². The lowest BCUT2D eigenvalue weighted by molar-refractivity contribution is -0.705. The van der Waals surface area contributed by atoms with Crippen LogP contribution in [0.2, 0.25) is 0 Å². The number of benzene rings is 2. The third kappa shape index (κ3) is 10.6. The summed E-state index contributed by atoms with van der Waals surface area (Å²) in [7, 11) is 0. The van der Waals surface area contributed by atoms with Crippen molar-refractivity contribution in [1.29, 1.82) is 0 Å². The number of nitrogens with one attached hydrogen (secondary N) is 1. The highest BCUT2D eigenvalue weighted by atomic mass is 15.1. The van der Waals surface area contributed by atoms with Gasteiger partial charge in [0.2, 0.25) is 0 Å². The number of rotatable bonds is 22. The summed E-state index contributed by atoms with van der Waals surface area (Å²) in [6.45, 7) is 8.25. The van der Waals surface area contributed by atoms with Crippen molar-refractivity contribution < 1.29 is 4.57 Å². The number of aromatic amines is 1. The molecule has 0 aliphatic carbocycles. The van der Waals surface area contributed by atoms with Gasteiger partial charge in [0, 0.05) is 5.41 Å². The number of aryl methyl sites for hydroxylation is 1. The first-order chi connectivity index (χ1) is 19.7. The van der Waals surface area contributed by atoms with Gasteiger partial charge in [-0.05, 0) is 36.8 Å². The van der Waals surface area contributed by atoms with E-state index < -0.39 is 0 Å². The Kier molecular flexibility index (Phi) is 15.2. The number of imidazole rings is 1. The van der Waals surface area contributed by atoms with Crippen LogP contribution in [0.1, 0.15) is 146 Å². The monoisotopic (exact) mass is 543 g/mol. The molecule has 0 saturated heterocycles. The Morgan fingerprint density at radius 2 is 1.18 bits per heavy atom. The summed E-state index contributed by atoms with van der Waals surface area (Å²) in [6.07, 6.45) is 27.6. The predicted molar refractivity (Wildman–Crippen MR) is 173 cm³/mol. The van der Waals surface area contributed by atoms with E-state index in [2.05, 4.69) is 103 Å². The van der Waals surface area contributed by atoms with Crippen LogP contribution in [0.5, 0.6) is 0 Å². The number of hydrogen-bond donors (Lipinski definition) is 1. The Labute approximate surface area is 247 Å². The average molecular weight is 544 g/mol. The summed E-state index contributed by atoms with van der Waals surface area (Å²) in [5.74, 6) is 1.83. The predicted octanol–water partition coefficient (Wildman–Crippen LogP) is 10.9. The van der Waals surface area contributed by atoms with E-state index in [1.165, 1.54) is 120 Å². The molecule has 0 amide bonds. The van der Waals surface area contributed by atoms with Crippen molar-refractivity contribution in [1.82, 2.24) is 4.98 Å². The van der Waals surface area contributed by atoms with Crippen molar-refractivity contribution in [3.05, 3.63) is 90.0 Å². The number of H-pyrrole nitrogens is 1. The van der Waals surface area contributed by atoms with Gasteiger partial charge in [-0.1, -0.05) is 165 Å². The van der Waals surface area contributed by atoms with Gasteiger partial charge in [-0.25, -0.2) is 9.55 Å². The van der Waals surface area contributed by atoms with Crippen LogP contribution in [-0.4, -0.2) is 4.98 Å². The minimum Gasteiger partial charge on any atom is -0.247 e. The highest BCUT2D eigenvalue weighted by Crippen LogP contribution is 2.43. The lowest BCUT2D eigenvalue weighted by Gasteiger charge is -2.37. The molecule has 0 aliphatic rings. The number of aromatic nitrogens is 2. The summed E-state index contributed by atoms with van der Waals surface area (Å²) < 4.78 is 2.53. The van der Waals surface area contributed by atoms with E-state index in [0.29, 0.717) is 5.92 Å². The zero-order valence-corrected chi connectivity index (χ0v) is 26.2. The molecule has 1 N–H and O–H groups in total. The van der Waals surface area contributed by atoms with Gasteiger partial charge in [0.05, 0.1) is 12.5 Å².